The average Bonchev–Trinajstić information content (AvgIpc) is 2.40. The molecular formula is C11H12BrN3O6. The van der Waals surface area contributed by atoms with Crippen LogP contribution in [-0.2, 0) is 9.53 Å². The number of nitro groups is 1. The highest BCUT2D eigenvalue weighted by atomic mass is 79.9. The Kier molecular flexibility index (Phi) is 6.06. The Labute approximate surface area is 127 Å². The summed E-state index contributed by atoms with van der Waals surface area (Å²) >= 11 is 3.08. The molecule has 9 nitrogen and oxygen atoms in total. The number of methoxy groups -OCH3 is 1. The second kappa shape index (κ2) is 7.55. The van der Waals surface area contributed by atoms with Crippen LogP contribution in [0.2, 0.25) is 0 Å². The fourth-order valence-electron chi connectivity index (χ4n) is 1.38. The Morgan fingerprint density at radius 2 is 2.19 bits per heavy atom. The zero-order chi connectivity index (χ0) is 16.0. The molecule has 0 spiro atoms. The van der Waals surface area contributed by atoms with Crippen molar-refractivity contribution in [3.8, 4) is 0 Å². The number of carbonyl (C=O) groups is 2. The van der Waals surface area contributed by atoms with Crippen molar-refractivity contribution < 1.29 is 24.4 Å². The molecule has 0 aliphatic heterocycles. The van der Waals surface area contributed by atoms with Gasteiger partial charge in [0.05, 0.1) is 17.2 Å². The zero-order valence-corrected chi connectivity index (χ0v) is 12.4. The van der Waals surface area contributed by atoms with Gasteiger partial charge in [0, 0.05) is 23.7 Å². The second-order valence-corrected chi connectivity index (χ2v) is 4.72. The van der Waals surface area contributed by atoms with Crippen LogP contribution in [-0.4, -0.2) is 41.8 Å². The van der Waals surface area contributed by atoms with E-state index < -0.39 is 23.0 Å². The zero-order valence-electron chi connectivity index (χ0n) is 10.8. The first-order chi connectivity index (χ1) is 9.85. The minimum atomic E-state index is -1.24. The summed E-state index contributed by atoms with van der Waals surface area (Å²) in [7, 11) is 1.31. The Morgan fingerprint density at radius 3 is 2.67 bits per heavy atom. The number of nitro benzene ring substituents is 1. The maximum Gasteiger partial charge on any atom is 0.328 e. The van der Waals surface area contributed by atoms with Crippen molar-refractivity contribution in [3.63, 3.8) is 0 Å². The average molecular weight is 362 g/mol. The van der Waals surface area contributed by atoms with Crippen molar-refractivity contribution in [1.82, 2.24) is 5.32 Å². The summed E-state index contributed by atoms with van der Waals surface area (Å²) in [5, 5.41) is 24.0. The van der Waals surface area contributed by atoms with Gasteiger partial charge in [-0.05, 0) is 22.0 Å². The fourth-order valence-corrected chi connectivity index (χ4v) is 1.84. The Bertz CT molecular complexity index is 565. The number of urea groups is 1. The van der Waals surface area contributed by atoms with Crippen LogP contribution < -0.4 is 10.6 Å². The SMILES string of the molecule is COCC(NC(=O)Nc1ccc([N+](=O)[O-])cc1Br)C(=O)O. The molecule has 1 aromatic rings. The molecule has 0 heterocycles. The summed E-state index contributed by atoms with van der Waals surface area (Å²) in [5.74, 6) is -1.24. The van der Waals surface area contributed by atoms with Gasteiger partial charge in [-0.2, -0.15) is 0 Å². The number of non-ortho nitro benzene ring substituents is 1. The van der Waals surface area contributed by atoms with E-state index in [-0.39, 0.29) is 18.0 Å². The van der Waals surface area contributed by atoms with Crippen LogP contribution in [0.15, 0.2) is 22.7 Å². The molecule has 2 amide bonds. The molecule has 0 fully saturated rings. The summed E-state index contributed by atoms with van der Waals surface area (Å²) in [6, 6.07) is 1.79. The maximum absolute atomic E-state index is 11.7. The number of carboxylic acids is 1. The Balaban J connectivity index is 2.74. The molecule has 0 aliphatic carbocycles. The van der Waals surface area contributed by atoms with Crippen LogP contribution in [0.5, 0.6) is 0 Å². The second-order valence-electron chi connectivity index (χ2n) is 3.87. The van der Waals surface area contributed by atoms with Crippen LogP contribution in [0.1, 0.15) is 0 Å². The monoisotopic (exact) mass is 361 g/mol. The van der Waals surface area contributed by atoms with Gasteiger partial charge in [0.25, 0.3) is 5.69 Å². The Morgan fingerprint density at radius 1 is 1.52 bits per heavy atom. The molecule has 0 saturated carbocycles. The van der Waals surface area contributed by atoms with E-state index >= 15 is 0 Å². The van der Waals surface area contributed by atoms with Gasteiger partial charge < -0.3 is 20.5 Å². The number of hydrogen-bond acceptors (Lipinski definition) is 5. The Hall–Kier alpha value is -2.20. The first-order valence-corrected chi connectivity index (χ1v) is 6.37. The summed E-state index contributed by atoms with van der Waals surface area (Å²) in [4.78, 5) is 32.5. The minimum Gasteiger partial charge on any atom is -0.480 e. The summed E-state index contributed by atoms with van der Waals surface area (Å²) in [6.45, 7) is -0.190. The quantitative estimate of drug-likeness (QED) is 0.520. The number of nitrogens with one attached hydrogen (secondary N) is 2. The molecule has 0 bridgehead atoms. The number of anilines is 1. The largest absolute Gasteiger partial charge is 0.480 e. The van der Waals surface area contributed by atoms with E-state index in [2.05, 4.69) is 31.3 Å². The van der Waals surface area contributed by atoms with Crippen molar-refractivity contribution >= 4 is 39.3 Å². The van der Waals surface area contributed by atoms with Gasteiger partial charge >= 0.3 is 12.0 Å². The van der Waals surface area contributed by atoms with Crippen molar-refractivity contribution in [3.05, 3.63) is 32.8 Å². The molecule has 10 heteroatoms. The van der Waals surface area contributed by atoms with Crippen LogP contribution in [0.25, 0.3) is 0 Å². The number of halogens is 1. The normalized spacial score (nSPS) is 11.5. The smallest absolute Gasteiger partial charge is 0.328 e. The molecule has 0 aromatic heterocycles. The molecule has 1 atom stereocenters. The number of carbonyl (C=O) groups excluding carboxylic acids is 1. The number of rotatable bonds is 6. The molecule has 1 aromatic carbocycles. The molecule has 21 heavy (non-hydrogen) atoms. The lowest BCUT2D eigenvalue weighted by atomic mass is 10.3. The molecule has 0 saturated heterocycles. The molecular weight excluding hydrogens is 350 g/mol. The van der Waals surface area contributed by atoms with Gasteiger partial charge in [-0.3, -0.25) is 10.1 Å². The number of nitrogens with zero attached hydrogens (tertiary/aromatic N) is 1. The van der Waals surface area contributed by atoms with E-state index in [0.717, 1.165) is 0 Å². The van der Waals surface area contributed by atoms with E-state index in [1.54, 1.807) is 0 Å². The van der Waals surface area contributed by atoms with Crippen molar-refractivity contribution in [2.45, 2.75) is 6.04 Å². The fraction of sp³-hybridized carbons (Fsp3) is 0.273. The number of amides is 2. The van der Waals surface area contributed by atoms with Crippen LogP contribution >= 0.6 is 15.9 Å². The van der Waals surface area contributed by atoms with Crippen LogP contribution in [0.3, 0.4) is 0 Å². The van der Waals surface area contributed by atoms with Gasteiger partial charge in [-0.25, -0.2) is 9.59 Å². The van der Waals surface area contributed by atoms with E-state index in [1.807, 2.05) is 0 Å². The van der Waals surface area contributed by atoms with E-state index in [1.165, 1.54) is 25.3 Å². The lowest BCUT2D eigenvalue weighted by Gasteiger charge is -2.14. The van der Waals surface area contributed by atoms with Gasteiger partial charge in [0.2, 0.25) is 0 Å². The molecule has 1 rings (SSSR count). The standard InChI is InChI=1S/C11H12BrN3O6/c1-21-5-9(10(16)17)14-11(18)13-8-3-2-6(15(19)20)4-7(8)12/h2-4,9H,5H2,1H3,(H,16,17)(H2,13,14,18). The molecule has 1 unspecified atom stereocenters. The number of aliphatic carboxylic acids is 1. The molecule has 114 valence electrons. The predicted octanol–water partition coefficient (Wildman–Crippen LogP) is 1.58. The highest BCUT2D eigenvalue weighted by Gasteiger charge is 2.20. The van der Waals surface area contributed by atoms with Gasteiger partial charge in [-0.1, -0.05) is 0 Å². The number of hydrogen-bond donors (Lipinski definition) is 3. The third-order valence-electron chi connectivity index (χ3n) is 2.35. The highest BCUT2D eigenvalue weighted by Crippen LogP contribution is 2.26. The number of ether oxygens (including phenoxy) is 1. The topological polar surface area (TPSA) is 131 Å². The third kappa shape index (κ3) is 5.00. The molecule has 0 aliphatic rings. The van der Waals surface area contributed by atoms with Crippen molar-refractivity contribution in [2.75, 3.05) is 19.0 Å². The van der Waals surface area contributed by atoms with Gasteiger partial charge in [0.1, 0.15) is 0 Å². The van der Waals surface area contributed by atoms with Gasteiger partial charge in [-0.15, -0.1) is 0 Å². The first-order valence-electron chi connectivity index (χ1n) is 5.58. The lowest BCUT2D eigenvalue weighted by Crippen LogP contribution is -2.45. The summed E-state index contributed by atoms with van der Waals surface area (Å²) in [5.41, 5.74) is 0.121. The molecule has 3 N–H and O–H groups in total. The third-order valence-corrected chi connectivity index (χ3v) is 3.00. The molecule has 0 radical (unpaired) electrons. The number of carboxylic acid groups (broad SMARTS) is 1. The summed E-state index contributed by atoms with van der Waals surface area (Å²) < 4.78 is 4.97. The van der Waals surface area contributed by atoms with E-state index in [9.17, 15) is 19.7 Å². The number of benzene rings is 1. The first kappa shape index (κ1) is 16.9. The minimum absolute atomic E-state index is 0.143. The maximum atomic E-state index is 11.7. The van der Waals surface area contributed by atoms with Crippen LogP contribution in [0, 0.1) is 10.1 Å². The highest BCUT2D eigenvalue weighted by molar-refractivity contribution is 9.10. The predicted molar refractivity (Wildman–Crippen MR) is 76.3 cm³/mol. The van der Waals surface area contributed by atoms with Crippen molar-refractivity contribution in [2.24, 2.45) is 0 Å². The lowest BCUT2D eigenvalue weighted by molar-refractivity contribution is -0.384. The van der Waals surface area contributed by atoms with E-state index in [0.29, 0.717) is 4.47 Å². The van der Waals surface area contributed by atoms with Gasteiger partial charge in [0.15, 0.2) is 6.04 Å². The summed E-state index contributed by atoms with van der Waals surface area (Å²) in [6.07, 6.45) is 0. The van der Waals surface area contributed by atoms with Crippen LogP contribution in [0.4, 0.5) is 16.2 Å². The van der Waals surface area contributed by atoms with E-state index in [4.69, 9.17) is 5.11 Å². The van der Waals surface area contributed by atoms with Crippen molar-refractivity contribution in [1.29, 1.82) is 0 Å².